The van der Waals surface area contributed by atoms with E-state index < -0.39 is 30.2 Å². The fourth-order valence-corrected chi connectivity index (χ4v) is 2.82. The monoisotopic (exact) mass is 413 g/mol. The molecule has 7 heteroatoms. The molecule has 0 fully saturated rings. The van der Waals surface area contributed by atoms with E-state index in [2.05, 4.69) is 5.32 Å². The molecule has 30 heavy (non-hydrogen) atoms. The van der Waals surface area contributed by atoms with E-state index in [9.17, 15) is 19.5 Å². The topological polar surface area (TPSA) is 102 Å². The van der Waals surface area contributed by atoms with Crippen LogP contribution >= 0.6 is 0 Å². The standard InChI is InChI=1S/C23H27NO6/c1-16(2)13-19(24-23(28)29-15-18-11-7-4-8-12-18)22(27)30-20(21(25)26)14-17-9-5-3-6-10-17/h3-12,16,19-20H,13-15H2,1-2H3,(H,24,28)(H,25,26)/t19-,20?/m0/s1. The molecule has 0 saturated heterocycles. The molecule has 2 atom stereocenters. The molecule has 160 valence electrons. The van der Waals surface area contributed by atoms with E-state index in [0.29, 0.717) is 0 Å². The number of benzene rings is 2. The number of hydrogen-bond acceptors (Lipinski definition) is 5. The van der Waals surface area contributed by atoms with Gasteiger partial charge in [-0.1, -0.05) is 74.5 Å². The van der Waals surface area contributed by atoms with Crippen molar-refractivity contribution in [3.8, 4) is 0 Å². The summed E-state index contributed by atoms with van der Waals surface area (Å²) in [5.74, 6) is -1.99. The van der Waals surface area contributed by atoms with E-state index in [4.69, 9.17) is 9.47 Å². The maximum absolute atomic E-state index is 12.6. The predicted molar refractivity (Wildman–Crippen MR) is 111 cm³/mol. The molecule has 0 radical (unpaired) electrons. The Morgan fingerprint density at radius 3 is 2.03 bits per heavy atom. The van der Waals surface area contributed by atoms with E-state index in [0.717, 1.165) is 11.1 Å². The number of hydrogen-bond donors (Lipinski definition) is 2. The van der Waals surface area contributed by atoms with Gasteiger partial charge in [-0.2, -0.15) is 0 Å². The molecular weight excluding hydrogens is 386 g/mol. The third-order valence-corrected chi connectivity index (χ3v) is 4.29. The highest BCUT2D eigenvalue weighted by Gasteiger charge is 2.29. The molecule has 2 aromatic rings. The number of carbonyl (C=O) groups is 3. The lowest BCUT2D eigenvalue weighted by molar-refractivity contribution is -0.165. The first-order valence-corrected chi connectivity index (χ1v) is 9.79. The summed E-state index contributed by atoms with van der Waals surface area (Å²) in [6.45, 7) is 3.83. The van der Waals surface area contributed by atoms with Gasteiger partial charge >= 0.3 is 18.0 Å². The molecule has 1 amide bonds. The van der Waals surface area contributed by atoms with E-state index in [1.165, 1.54) is 0 Å². The van der Waals surface area contributed by atoms with Crippen LogP contribution in [0.15, 0.2) is 60.7 Å². The molecule has 2 aromatic carbocycles. The van der Waals surface area contributed by atoms with Crippen molar-refractivity contribution in [2.24, 2.45) is 5.92 Å². The van der Waals surface area contributed by atoms with Crippen molar-refractivity contribution in [1.82, 2.24) is 5.32 Å². The van der Waals surface area contributed by atoms with Crippen LogP contribution in [0.3, 0.4) is 0 Å². The molecular formula is C23H27NO6. The average Bonchev–Trinajstić information content (AvgIpc) is 2.72. The summed E-state index contributed by atoms with van der Waals surface area (Å²) in [7, 11) is 0. The predicted octanol–water partition coefficient (Wildman–Crippen LogP) is 3.57. The van der Waals surface area contributed by atoms with Gasteiger partial charge in [-0.15, -0.1) is 0 Å². The van der Waals surface area contributed by atoms with Gasteiger partial charge in [0, 0.05) is 6.42 Å². The molecule has 0 heterocycles. The van der Waals surface area contributed by atoms with Crippen LogP contribution < -0.4 is 5.32 Å². The van der Waals surface area contributed by atoms with Gasteiger partial charge in [-0.05, 0) is 23.5 Å². The Hall–Kier alpha value is -3.35. The summed E-state index contributed by atoms with van der Waals surface area (Å²) in [6, 6.07) is 17.0. The Balaban J connectivity index is 1.98. The summed E-state index contributed by atoms with van der Waals surface area (Å²) < 4.78 is 10.4. The van der Waals surface area contributed by atoms with Crippen molar-refractivity contribution in [1.29, 1.82) is 0 Å². The first-order valence-electron chi connectivity index (χ1n) is 9.79. The fourth-order valence-electron chi connectivity index (χ4n) is 2.82. The highest BCUT2D eigenvalue weighted by molar-refractivity contribution is 5.84. The minimum Gasteiger partial charge on any atom is -0.478 e. The summed E-state index contributed by atoms with van der Waals surface area (Å²) >= 11 is 0. The molecule has 2 rings (SSSR count). The Labute approximate surface area is 176 Å². The molecule has 0 bridgehead atoms. The molecule has 1 unspecified atom stereocenters. The molecule has 0 aliphatic carbocycles. The lowest BCUT2D eigenvalue weighted by Gasteiger charge is -2.22. The number of carbonyl (C=O) groups excluding carboxylic acids is 2. The summed E-state index contributed by atoms with van der Waals surface area (Å²) in [6.07, 6.45) is -1.79. The van der Waals surface area contributed by atoms with Crippen LogP contribution in [0.2, 0.25) is 0 Å². The number of alkyl carbamates (subject to hydrolysis) is 1. The minimum absolute atomic E-state index is 0.0365. The Morgan fingerprint density at radius 1 is 0.933 bits per heavy atom. The van der Waals surface area contributed by atoms with Crippen LogP contribution in [-0.2, 0) is 32.1 Å². The number of carboxylic acids is 1. The van der Waals surface area contributed by atoms with E-state index in [1.807, 2.05) is 50.2 Å². The van der Waals surface area contributed by atoms with Crippen molar-refractivity contribution in [2.45, 2.75) is 45.4 Å². The molecule has 2 N–H and O–H groups in total. The van der Waals surface area contributed by atoms with Crippen LogP contribution in [0.4, 0.5) is 4.79 Å². The molecule has 0 spiro atoms. The van der Waals surface area contributed by atoms with Crippen LogP contribution in [-0.4, -0.2) is 35.3 Å². The first kappa shape index (κ1) is 22.9. The number of carboxylic acid groups (broad SMARTS) is 1. The maximum atomic E-state index is 12.6. The smallest absolute Gasteiger partial charge is 0.408 e. The third kappa shape index (κ3) is 7.95. The van der Waals surface area contributed by atoms with Crippen LogP contribution in [0.25, 0.3) is 0 Å². The molecule has 0 aromatic heterocycles. The van der Waals surface area contributed by atoms with E-state index >= 15 is 0 Å². The second kappa shape index (κ2) is 11.6. The van der Waals surface area contributed by atoms with Crippen molar-refractivity contribution in [2.75, 3.05) is 0 Å². The van der Waals surface area contributed by atoms with E-state index in [-0.39, 0.29) is 25.4 Å². The van der Waals surface area contributed by atoms with Crippen LogP contribution in [0, 0.1) is 5.92 Å². The second-order valence-corrected chi connectivity index (χ2v) is 7.34. The minimum atomic E-state index is -1.35. The number of ether oxygens (including phenoxy) is 2. The second-order valence-electron chi connectivity index (χ2n) is 7.34. The number of aliphatic carboxylic acids is 1. The third-order valence-electron chi connectivity index (χ3n) is 4.29. The zero-order chi connectivity index (χ0) is 21.9. The SMILES string of the molecule is CC(C)C[C@H](NC(=O)OCc1ccccc1)C(=O)OC(Cc1ccccc1)C(=O)O. The van der Waals surface area contributed by atoms with Crippen LogP contribution in [0.5, 0.6) is 0 Å². The van der Waals surface area contributed by atoms with Crippen molar-refractivity contribution < 1.29 is 29.0 Å². The molecule has 0 aliphatic rings. The zero-order valence-electron chi connectivity index (χ0n) is 17.1. The lowest BCUT2D eigenvalue weighted by atomic mass is 10.0. The average molecular weight is 413 g/mol. The van der Waals surface area contributed by atoms with Gasteiger partial charge in [0.05, 0.1) is 0 Å². The normalized spacial score (nSPS) is 12.6. The fraction of sp³-hybridized carbons (Fsp3) is 0.348. The van der Waals surface area contributed by atoms with Gasteiger partial charge in [-0.3, -0.25) is 0 Å². The van der Waals surface area contributed by atoms with Crippen molar-refractivity contribution in [3.63, 3.8) is 0 Å². The quantitative estimate of drug-likeness (QED) is 0.578. The number of nitrogens with one attached hydrogen (secondary N) is 1. The molecule has 7 nitrogen and oxygen atoms in total. The Kier molecular flexibility index (Phi) is 8.87. The van der Waals surface area contributed by atoms with Gasteiger partial charge in [0.25, 0.3) is 0 Å². The largest absolute Gasteiger partial charge is 0.478 e. The van der Waals surface area contributed by atoms with E-state index in [1.54, 1.807) is 24.3 Å². The Bertz CT molecular complexity index is 822. The summed E-state index contributed by atoms with van der Waals surface area (Å²) in [5, 5.41) is 11.9. The van der Waals surface area contributed by atoms with Crippen molar-refractivity contribution in [3.05, 3.63) is 71.8 Å². The van der Waals surface area contributed by atoms with Gasteiger partial charge in [-0.25, -0.2) is 14.4 Å². The highest BCUT2D eigenvalue weighted by Crippen LogP contribution is 2.12. The number of rotatable bonds is 10. The first-order chi connectivity index (χ1) is 14.3. The van der Waals surface area contributed by atoms with Crippen LogP contribution in [0.1, 0.15) is 31.4 Å². The number of amides is 1. The lowest BCUT2D eigenvalue weighted by Crippen LogP contribution is -2.45. The van der Waals surface area contributed by atoms with Gasteiger partial charge in [0.15, 0.2) is 0 Å². The summed E-state index contributed by atoms with van der Waals surface area (Å²) in [5.41, 5.74) is 1.54. The maximum Gasteiger partial charge on any atom is 0.408 e. The van der Waals surface area contributed by atoms with Gasteiger partial charge < -0.3 is 19.9 Å². The number of esters is 1. The van der Waals surface area contributed by atoms with Gasteiger partial charge in [0.2, 0.25) is 6.10 Å². The molecule has 0 aliphatic heterocycles. The highest BCUT2D eigenvalue weighted by atomic mass is 16.6. The molecule has 0 saturated carbocycles. The summed E-state index contributed by atoms with van der Waals surface area (Å²) in [4.78, 5) is 36.4. The van der Waals surface area contributed by atoms with Gasteiger partial charge in [0.1, 0.15) is 12.6 Å². The Morgan fingerprint density at radius 2 is 1.50 bits per heavy atom. The zero-order valence-corrected chi connectivity index (χ0v) is 17.1. The van der Waals surface area contributed by atoms with Crippen molar-refractivity contribution >= 4 is 18.0 Å².